The summed E-state index contributed by atoms with van der Waals surface area (Å²) in [6.07, 6.45) is 11.4. The van der Waals surface area contributed by atoms with Crippen LogP contribution in [0.15, 0.2) is 18.6 Å². The zero-order valence-electron chi connectivity index (χ0n) is 12.7. The smallest absolute Gasteiger partial charge is 0.0537 e. The van der Waals surface area contributed by atoms with Crippen LogP contribution in [0.3, 0.4) is 0 Å². The third-order valence-electron chi connectivity index (χ3n) is 4.34. The minimum atomic E-state index is 0. The Kier molecular flexibility index (Phi) is 5.42. The summed E-state index contributed by atoms with van der Waals surface area (Å²) in [7, 11) is 1.98. The molecule has 116 valence electrons. The third-order valence-corrected chi connectivity index (χ3v) is 4.34. The highest BCUT2D eigenvalue weighted by Gasteiger charge is 2.17. The Hall–Kier alpha value is -1.33. The first-order valence-corrected chi connectivity index (χ1v) is 7.45. The Balaban J connectivity index is 0.00000161. The molecule has 1 aliphatic carbocycles. The van der Waals surface area contributed by atoms with E-state index in [1.165, 1.54) is 42.5 Å². The fraction of sp³-hybridized carbons (Fsp3) is 0.600. The predicted octanol–water partition coefficient (Wildman–Crippen LogP) is 2.75. The Bertz CT molecular complexity index is 568. The third kappa shape index (κ3) is 3.66. The molecule has 1 aliphatic rings. The van der Waals surface area contributed by atoms with Crippen LogP contribution in [0, 0.1) is 6.92 Å². The van der Waals surface area contributed by atoms with E-state index in [2.05, 4.69) is 33.3 Å². The van der Waals surface area contributed by atoms with Gasteiger partial charge >= 0.3 is 0 Å². The van der Waals surface area contributed by atoms with Gasteiger partial charge in [0.05, 0.1) is 18.4 Å². The van der Waals surface area contributed by atoms with Gasteiger partial charge in [-0.05, 0) is 19.8 Å². The average Bonchev–Trinajstić information content (AvgIpc) is 3.15. The molecule has 3 rings (SSSR count). The molecule has 0 bridgehead atoms. The molecule has 1 fully saturated rings. The molecule has 1 N–H and O–H groups in total. The van der Waals surface area contributed by atoms with Gasteiger partial charge in [0, 0.05) is 43.2 Å². The van der Waals surface area contributed by atoms with Gasteiger partial charge < -0.3 is 5.32 Å². The molecule has 0 aliphatic heterocycles. The van der Waals surface area contributed by atoms with E-state index in [9.17, 15) is 0 Å². The van der Waals surface area contributed by atoms with Crippen LogP contribution in [-0.2, 0) is 20.1 Å². The first-order valence-electron chi connectivity index (χ1n) is 7.45. The second-order valence-electron chi connectivity index (χ2n) is 5.75. The van der Waals surface area contributed by atoms with Crippen LogP contribution < -0.4 is 5.32 Å². The molecule has 0 spiro atoms. The maximum absolute atomic E-state index is 4.51. The Morgan fingerprint density at radius 2 is 1.95 bits per heavy atom. The molecular formula is C15H24ClN5. The van der Waals surface area contributed by atoms with Crippen molar-refractivity contribution in [1.82, 2.24) is 24.9 Å². The van der Waals surface area contributed by atoms with Gasteiger partial charge in [-0.3, -0.25) is 9.36 Å². The van der Waals surface area contributed by atoms with Crippen molar-refractivity contribution >= 4 is 12.4 Å². The van der Waals surface area contributed by atoms with Gasteiger partial charge in [0.15, 0.2) is 0 Å². The summed E-state index contributed by atoms with van der Waals surface area (Å²) in [5.74, 6) is 0. The summed E-state index contributed by atoms with van der Waals surface area (Å²) in [5, 5.41) is 12.2. The number of hydrogen-bond acceptors (Lipinski definition) is 3. The molecule has 0 saturated heterocycles. The zero-order chi connectivity index (χ0) is 13.9. The van der Waals surface area contributed by atoms with Crippen molar-refractivity contribution in [3.8, 4) is 0 Å². The molecule has 2 aromatic heterocycles. The first-order chi connectivity index (χ1) is 9.74. The number of nitrogens with one attached hydrogen (secondary N) is 1. The van der Waals surface area contributed by atoms with E-state index in [1.54, 1.807) is 0 Å². The van der Waals surface area contributed by atoms with Crippen LogP contribution in [0.4, 0.5) is 0 Å². The molecule has 0 atom stereocenters. The van der Waals surface area contributed by atoms with Gasteiger partial charge in [-0.25, -0.2) is 0 Å². The van der Waals surface area contributed by atoms with Crippen molar-refractivity contribution in [2.24, 2.45) is 7.05 Å². The number of halogens is 1. The molecule has 2 aromatic rings. The van der Waals surface area contributed by atoms with E-state index < -0.39 is 0 Å². The fourth-order valence-electron chi connectivity index (χ4n) is 2.90. The molecular weight excluding hydrogens is 286 g/mol. The van der Waals surface area contributed by atoms with E-state index in [4.69, 9.17) is 0 Å². The Morgan fingerprint density at radius 3 is 2.62 bits per heavy atom. The van der Waals surface area contributed by atoms with Gasteiger partial charge in [0.1, 0.15) is 0 Å². The van der Waals surface area contributed by atoms with Gasteiger partial charge in [-0.15, -0.1) is 12.4 Å². The summed E-state index contributed by atoms with van der Waals surface area (Å²) in [4.78, 5) is 0. The Morgan fingerprint density at radius 1 is 1.19 bits per heavy atom. The molecule has 0 unspecified atom stereocenters. The molecule has 1 saturated carbocycles. The van der Waals surface area contributed by atoms with Crippen molar-refractivity contribution in [3.63, 3.8) is 0 Å². The van der Waals surface area contributed by atoms with Crippen LogP contribution >= 0.6 is 12.4 Å². The fourth-order valence-corrected chi connectivity index (χ4v) is 2.90. The summed E-state index contributed by atoms with van der Waals surface area (Å²) in [6.45, 7) is 3.82. The lowest BCUT2D eigenvalue weighted by Gasteiger charge is -2.08. The largest absolute Gasteiger partial charge is 0.308 e. The molecule has 5 nitrogen and oxygen atoms in total. The van der Waals surface area contributed by atoms with E-state index in [0.717, 1.165) is 13.1 Å². The second-order valence-corrected chi connectivity index (χ2v) is 5.75. The number of hydrogen-bond donors (Lipinski definition) is 1. The van der Waals surface area contributed by atoms with E-state index >= 15 is 0 Å². The van der Waals surface area contributed by atoms with Crippen molar-refractivity contribution in [1.29, 1.82) is 0 Å². The minimum Gasteiger partial charge on any atom is -0.308 e. The van der Waals surface area contributed by atoms with Crippen LogP contribution in [0.2, 0.25) is 0 Å². The number of nitrogens with zero attached hydrogens (tertiary/aromatic N) is 4. The number of rotatable bonds is 5. The number of aryl methyl sites for hydroxylation is 1. The molecule has 0 amide bonds. The highest BCUT2D eigenvalue weighted by Crippen LogP contribution is 2.28. The van der Waals surface area contributed by atoms with E-state index in [1.807, 2.05) is 24.1 Å². The van der Waals surface area contributed by atoms with Gasteiger partial charge in [0.25, 0.3) is 0 Å². The van der Waals surface area contributed by atoms with E-state index in [-0.39, 0.29) is 12.4 Å². The maximum atomic E-state index is 4.51. The SMILES string of the molecule is Cc1c(CNCc2cnn(C3CCCC3)c2)cnn1C.Cl. The first kappa shape index (κ1) is 16.0. The molecule has 0 aromatic carbocycles. The predicted molar refractivity (Wildman–Crippen MR) is 85.5 cm³/mol. The molecule has 0 radical (unpaired) electrons. The van der Waals surface area contributed by atoms with Crippen molar-refractivity contribution in [2.45, 2.75) is 51.7 Å². The molecule has 21 heavy (non-hydrogen) atoms. The van der Waals surface area contributed by atoms with E-state index in [0.29, 0.717) is 6.04 Å². The van der Waals surface area contributed by atoms with Crippen LogP contribution in [0.5, 0.6) is 0 Å². The van der Waals surface area contributed by atoms with Crippen molar-refractivity contribution in [2.75, 3.05) is 0 Å². The average molecular weight is 310 g/mol. The lowest BCUT2D eigenvalue weighted by Crippen LogP contribution is -2.13. The minimum absolute atomic E-state index is 0. The van der Waals surface area contributed by atoms with Crippen LogP contribution in [-0.4, -0.2) is 19.6 Å². The summed E-state index contributed by atoms with van der Waals surface area (Å²) in [5.41, 5.74) is 3.74. The van der Waals surface area contributed by atoms with Gasteiger partial charge in [-0.2, -0.15) is 10.2 Å². The zero-order valence-corrected chi connectivity index (χ0v) is 13.6. The monoisotopic (exact) mass is 309 g/mol. The normalized spacial score (nSPS) is 15.3. The molecule has 2 heterocycles. The summed E-state index contributed by atoms with van der Waals surface area (Å²) in [6, 6.07) is 0.629. The topological polar surface area (TPSA) is 47.7 Å². The lowest BCUT2D eigenvalue weighted by atomic mass is 10.2. The second kappa shape index (κ2) is 7.09. The highest BCUT2D eigenvalue weighted by molar-refractivity contribution is 5.85. The number of aromatic nitrogens is 4. The van der Waals surface area contributed by atoms with Gasteiger partial charge in [-0.1, -0.05) is 12.8 Å². The maximum Gasteiger partial charge on any atom is 0.0537 e. The highest BCUT2D eigenvalue weighted by atomic mass is 35.5. The summed E-state index contributed by atoms with van der Waals surface area (Å²) >= 11 is 0. The van der Waals surface area contributed by atoms with Crippen LogP contribution in [0.25, 0.3) is 0 Å². The van der Waals surface area contributed by atoms with Crippen molar-refractivity contribution < 1.29 is 0 Å². The van der Waals surface area contributed by atoms with Crippen molar-refractivity contribution in [3.05, 3.63) is 35.4 Å². The van der Waals surface area contributed by atoms with Crippen LogP contribution in [0.1, 0.15) is 48.5 Å². The van der Waals surface area contributed by atoms with Gasteiger partial charge in [0.2, 0.25) is 0 Å². The summed E-state index contributed by atoms with van der Waals surface area (Å²) < 4.78 is 4.06. The molecule has 6 heteroatoms. The Labute approximate surface area is 132 Å². The quantitative estimate of drug-likeness (QED) is 0.924. The standard InChI is InChI=1S/C15H23N5.ClH/c1-12-14(10-17-19(12)2)9-16-7-13-8-18-20(11-13)15-5-3-4-6-15;/h8,10-11,15-16H,3-7,9H2,1-2H3;1H. The lowest BCUT2D eigenvalue weighted by molar-refractivity contribution is 0.466.